The molecule has 0 spiro atoms. The summed E-state index contributed by atoms with van der Waals surface area (Å²) in [6.45, 7) is 7.20. The van der Waals surface area contributed by atoms with Crippen LogP contribution < -0.4 is 0 Å². The molecule has 12 heavy (non-hydrogen) atoms. The topological polar surface area (TPSA) is 0 Å². The Morgan fingerprint density at radius 3 is 2.17 bits per heavy atom. The maximum absolute atomic E-state index is 2.52. The van der Waals surface area contributed by atoms with Crippen molar-refractivity contribution in [2.75, 3.05) is 0 Å². The molecule has 1 aliphatic carbocycles. The molecule has 0 saturated heterocycles. The van der Waals surface area contributed by atoms with Gasteiger partial charge in [-0.05, 0) is 24.2 Å². The Kier molecular flexibility index (Phi) is 3.61. The Morgan fingerprint density at radius 2 is 1.75 bits per heavy atom. The Morgan fingerprint density at radius 1 is 1.17 bits per heavy atom. The van der Waals surface area contributed by atoms with E-state index in [9.17, 15) is 0 Å². The minimum atomic E-state index is 0.713. The first-order valence-corrected chi connectivity index (χ1v) is 5.73. The molecule has 0 bridgehead atoms. The predicted octanol–water partition coefficient (Wildman–Crippen LogP) is 4.39. The van der Waals surface area contributed by atoms with Crippen LogP contribution in [-0.4, -0.2) is 0 Å². The fourth-order valence-corrected chi connectivity index (χ4v) is 2.98. The van der Waals surface area contributed by atoms with E-state index in [-0.39, 0.29) is 0 Å². The molecule has 0 aromatic carbocycles. The van der Waals surface area contributed by atoms with Crippen LogP contribution in [0.25, 0.3) is 0 Å². The van der Waals surface area contributed by atoms with Gasteiger partial charge in [-0.2, -0.15) is 0 Å². The van der Waals surface area contributed by atoms with Crippen molar-refractivity contribution in [1.29, 1.82) is 0 Å². The van der Waals surface area contributed by atoms with E-state index >= 15 is 0 Å². The van der Waals surface area contributed by atoms with E-state index in [1.807, 2.05) is 0 Å². The van der Waals surface area contributed by atoms with Gasteiger partial charge >= 0.3 is 0 Å². The van der Waals surface area contributed by atoms with Crippen LogP contribution in [0.1, 0.15) is 65.7 Å². The summed E-state index contributed by atoms with van der Waals surface area (Å²) in [5.41, 5.74) is 0.713. The van der Waals surface area contributed by atoms with E-state index in [2.05, 4.69) is 20.8 Å². The van der Waals surface area contributed by atoms with Crippen LogP contribution >= 0.6 is 0 Å². The lowest BCUT2D eigenvalue weighted by Crippen LogP contribution is -2.23. The number of hydrogen-bond donors (Lipinski definition) is 0. The quantitative estimate of drug-likeness (QED) is 0.584. The highest BCUT2D eigenvalue weighted by Crippen LogP contribution is 2.46. The van der Waals surface area contributed by atoms with Crippen molar-refractivity contribution in [2.24, 2.45) is 11.3 Å². The molecule has 72 valence electrons. The summed E-state index contributed by atoms with van der Waals surface area (Å²) < 4.78 is 0. The van der Waals surface area contributed by atoms with Crippen LogP contribution in [0.2, 0.25) is 0 Å². The van der Waals surface area contributed by atoms with Crippen LogP contribution in [0, 0.1) is 11.3 Å². The van der Waals surface area contributed by atoms with Crippen molar-refractivity contribution < 1.29 is 0 Å². The van der Waals surface area contributed by atoms with Gasteiger partial charge in [-0.25, -0.2) is 0 Å². The molecule has 1 aliphatic rings. The van der Waals surface area contributed by atoms with Gasteiger partial charge < -0.3 is 0 Å². The van der Waals surface area contributed by atoms with Gasteiger partial charge in [-0.1, -0.05) is 52.9 Å². The summed E-state index contributed by atoms with van der Waals surface area (Å²) in [6.07, 6.45) is 10.2. The van der Waals surface area contributed by atoms with Gasteiger partial charge in [0.25, 0.3) is 0 Å². The molecule has 0 aromatic heterocycles. The monoisotopic (exact) mass is 168 g/mol. The maximum atomic E-state index is 2.52. The Bertz CT molecular complexity index is 120. The van der Waals surface area contributed by atoms with Crippen molar-refractivity contribution in [3.05, 3.63) is 0 Å². The Hall–Kier alpha value is 0. The van der Waals surface area contributed by atoms with E-state index in [0.717, 1.165) is 5.92 Å². The van der Waals surface area contributed by atoms with Crippen molar-refractivity contribution in [3.63, 3.8) is 0 Å². The third-order valence-corrected chi connectivity index (χ3v) is 3.86. The zero-order valence-corrected chi connectivity index (χ0v) is 9.03. The minimum absolute atomic E-state index is 0.713. The molecule has 0 N–H and O–H groups in total. The van der Waals surface area contributed by atoms with Crippen LogP contribution in [0.4, 0.5) is 0 Å². The third kappa shape index (κ3) is 2.02. The van der Waals surface area contributed by atoms with Gasteiger partial charge in [0.2, 0.25) is 0 Å². The smallest absolute Gasteiger partial charge is 0.0298 e. The fraction of sp³-hybridized carbons (Fsp3) is 1.00. The largest absolute Gasteiger partial charge is 0.0654 e. The van der Waals surface area contributed by atoms with Gasteiger partial charge in [0, 0.05) is 0 Å². The lowest BCUT2D eigenvalue weighted by Gasteiger charge is -2.33. The molecule has 0 heterocycles. The highest BCUT2D eigenvalue weighted by atomic mass is 14.4. The molecular formula is C12H24. The SMILES string of the molecule is CCCC(CC)C1(C)CCCC1. The van der Waals surface area contributed by atoms with Crippen LogP contribution in [0.3, 0.4) is 0 Å². The highest BCUT2D eigenvalue weighted by Gasteiger charge is 2.34. The first-order chi connectivity index (χ1) is 5.73. The molecular weight excluding hydrogens is 144 g/mol. The molecule has 0 aromatic rings. The van der Waals surface area contributed by atoms with E-state index in [4.69, 9.17) is 0 Å². The highest BCUT2D eigenvalue weighted by molar-refractivity contribution is 4.86. The molecule has 1 rings (SSSR count). The van der Waals surface area contributed by atoms with Crippen molar-refractivity contribution in [2.45, 2.75) is 65.7 Å². The summed E-state index contributed by atoms with van der Waals surface area (Å²) in [5, 5.41) is 0. The molecule has 0 heteroatoms. The normalized spacial score (nSPS) is 24.2. The molecule has 0 radical (unpaired) electrons. The Labute approximate surface area is 77.7 Å². The Balaban J connectivity index is 2.50. The van der Waals surface area contributed by atoms with Crippen LogP contribution in [-0.2, 0) is 0 Å². The summed E-state index contributed by atoms with van der Waals surface area (Å²) >= 11 is 0. The molecule has 1 atom stereocenters. The maximum Gasteiger partial charge on any atom is -0.0298 e. The molecule has 0 amide bonds. The molecule has 1 saturated carbocycles. The average molecular weight is 168 g/mol. The van der Waals surface area contributed by atoms with E-state index in [1.54, 1.807) is 0 Å². The van der Waals surface area contributed by atoms with Gasteiger partial charge in [-0.15, -0.1) is 0 Å². The van der Waals surface area contributed by atoms with Gasteiger partial charge in [0.1, 0.15) is 0 Å². The second-order valence-corrected chi connectivity index (χ2v) is 4.75. The molecule has 1 fully saturated rings. The van der Waals surface area contributed by atoms with E-state index < -0.39 is 0 Å². The first-order valence-electron chi connectivity index (χ1n) is 5.73. The second kappa shape index (κ2) is 4.30. The molecule has 1 unspecified atom stereocenters. The lowest BCUT2D eigenvalue weighted by atomic mass is 9.72. The standard InChI is InChI=1S/C12H24/c1-4-8-11(5-2)12(3)9-6-7-10-12/h11H,4-10H2,1-3H3. The summed E-state index contributed by atoms with van der Waals surface area (Å²) in [4.78, 5) is 0. The van der Waals surface area contributed by atoms with Crippen molar-refractivity contribution in [3.8, 4) is 0 Å². The van der Waals surface area contributed by atoms with Crippen LogP contribution in [0.5, 0.6) is 0 Å². The number of rotatable bonds is 4. The van der Waals surface area contributed by atoms with Gasteiger partial charge in [-0.3, -0.25) is 0 Å². The van der Waals surface area contributed by atoms with Crippen molar-refractivity contribution >= 4 is 0 Å². The lowest BCUT2D eigenvalue weighted by molar-refractivity contribution is 0.174. The van der Waals surface area contributed by atoms with Crippen molar-refractivity contribution in [1.82, 2.24) is 0 Å². The minimum Gasteiger partial charge on any atom is -0.0654 e. The van der Waals surface area contributed by atoms with Gasteiger partial charge in [0.05, 0.1) is 0 Å². The predicted molar refractivity (Wildman–Crippen MR) is 55.3 cm³/mol. The zero-order valence-electron chi connectivity index (χ0n) is 9.03. The molecule has 0 nitrogen and oxygen atoms in total. The summed E-state index contributed by atoms with van der Waals surface area (Å²) in [5.74, 6) is 1.00. The summed E-state index contributed by atoms with van der Waals surface area (Å²) in [7, 11) is 0. The number of hydrogen-bond acceptors (Lipinski definition) is 0. The average Bonchev–Trinajstić information content (AvgIpc) is 2.49. The third-order valence-electron chi connectivity index (χ3n) is 3.86. The molecule has 0 aliphatic heterocycles. The second-order valence-electron chi connectivity index (χ2n) is 4.75. The fourth-order valence-electron chi connectivity index (χ4n) is 2.98. The summed E-state index contributed by atoms with van der Waals surface area (Å²) in [6, 6.07) is 0. The van der Waals surface area contributed by atoms with Gasteiger partial charge in [0.15, 0.2) is 0 Å². The van der Waals surface area contributed by atoms with E-state index in [0.29, 0.717) is 5.41 Å². The zero-order chi connectivity index (χ0) is 9.03. The first kappa shape index (κ1) is 10.1. The van der Waals surface area contributed by atoms with E-state index in [1.165, 1.54) is 44.9 Å². The van der Waals surface area contributed by atoms with Crippen LogP contribution in [0.15, 0.2) is 0 Å².